The lowest BCUT2D eigenvalue weighted by Crippen LogP contribution is -2.30. The number of aromatic nitrogens is 1. The maximum Gasteiger partial charge on any atom is 0.319 e. The number of aryl methyl sites for hydroxylation is 1. The molecule has 0 fully saturated rings. The van der Waals surface area contributed by atoms with Crippen LogP contribution in [0, 0.1) is 6.92 Å². The molecular weight excluding hydrogens is 302 g/mol. The Bertz CT molecular complexity index is 811. The molecule has 24 heavy (non-hydrogen) atoms. The summed E-state index contributed by atoms with van der Waals surface area (Å²) in [6.07, 6.45) is 3.38. The summed E-state index contributed by atoms with van der Waals surface area (Å²) >= 11 is 0. The van der Waals surface area contributed by atoms with E-state index >= 15 is 0 Å². The molecule has 5 heteroatoms. The summed E-state index contributed by atoms with van der Waals surface area (Å²) in [6.45, 7) is 3.83. The van der Waals surface area contributed by atoms with Crippen molar-refractivity contribution >= 4 is 11.7 Å². The molecule has 0 spiro atoms. The summed E-state index contributed by atoms with van der Waals surface area (Å²) in [5.74, 6) is 0.716. The van der Waals surface area contributed by atoms with Crippen LogP contribution in [0.15, 0.2) is 65.4 Å². The summed E-state index contributed by atoms with van der Waals surface area (Å²) < 4.78 is 5.27. The Labute approximate surface area is 140 Å². The van der Waals surface area contributed by atoms with Crippen LogP contribution in [0.2, 0.25) is 0 Å². The van der Waals surface area contributed by atoms with Gasteiger partial charge in [-0.15, -0.1) is 0 Å². The molecule has 1 aromatic carbocycles. The lowest BCUT2D eigenvalue weighted by atomic mass is 10.1. The standard InChI is InChI=1S/C19H19N3O2/c1-13-12-16(9-10-20-13)15-5-7-17(8-6-15)22-19(23)21-14(2)18-4-3-11-24-18/h3-12,14H,1-2H3,(H2,21,22,23). The number of nitrogens with one attached hydrogen (secondary N) is 2. The number of hydrogen-bond acceptors (Lipinski definition) is 3. The van der Waals surface area contributed by atoms with Gasteiger partial charge in [-0.3, -0.25) is 4.98 Å². The van der Waals surface area contributed by atoms with Gasteiger partial charge in [-0.1, -0.05) is 12.1 Å². The Morgan fingerprint density at radius 3 is 2.58 bits per heavy atom. The van der Waals surface area contributed by atoms with Crippen molar-refractivity contribution in [2.24, 2.45) is 0 Å². The number of pyridine rings is 1. The minimum Gasteiger partial charge on any atom is -0.467 e. The van der Waals surface area contributed by atoms with Crippen molar-refractivity contribution in [2.45, 2.75) is 19.9 Å². The Morgan fingerprint density at radius 2 is 1.92 bits per heavy atom. The van der Waals surface area contributed by atoms with Crippen LogP contribution in [0.1, 0.15) is 24.4 Å². The Kier molecular flexibility index (Phi) is 4.61. The van der Waals surface area contributed by atoms with E-state index in [0.29, 0.717) is 5.76 Å². The Hall–Kier alpha value is -3.08. The predicted molar refractivity (Wildman–Crippen MR) is 93.7 cm³/mol. The van der Waals surface area contributed by atoms with Crippen LogP contribution >= 0.6 is 0 Å². The van der Waals surface area contributed by atoms with E-state index in [1.54, 1.807) is 18.5 Å². The number of urea groups is 1. The van der Waals surface area contributed by atoms with Crippen molar-refractivity contribution in [3.8, 4) is 11.1 Å². The molecule has 2 N–H and O–H groups in total. The van der Waals surface area contributed by atoms with Crippen LogP contribution in [-0.4, -0.2) is 11.0 Å². The second kappa shape index (κ2) is 7.00. The summed E-state index contributed by atoms with van der Waals surface area (Å²) in [4.78, 5) is 16.2. The van der Waals surface area contributed by atoms with Crippen LogP contribution in [0.4, 0.5) is 10.5 Å². The molecular formula is C19H19N3O2. The van der Waals surface area contributed by atoms with Crippen LogP contribution in [-0.2, 0) is 0 Å². The lowest BCUT2D eigenvalue weighted by Gasteiger charge is -2.13. The number of rotatable bonds is 4. The minimum absolute atomic E-state index is 0.195. The summed E-state index contributed by atoms with van der Waals surface area (Å²) in [7, 11) is 0. The fraction of sp³-hybridized carbons (Fsp3) is 0.158. The first-order valence-corrected chi connectivity index (χ1v) is 7.76. The smallest absolute Gasteiger partial charge is 0.319 e. The summed E-state index contributed by atoms with van der Waals surface area (Å²) in [6, 6.07) is 14.9. The maximum atomic E-state index is 12.0. The van der Waals surface area contributed by atoms with E-state index in [1.807, 2.05) is 56.3 Å². The van der Waals surface area contributed by atoms with Crippen molar-refractivity contribution in [3.63, 3.8) is 0 Å². The van der Waals surface area contributed by atoms with E-state index in [0.717, 1.165) is 22.5 Å². The average Bonchev–Trinajstić information content (AvgIpc) is 3.10. The third-order valence-corrected chi connectivity index (χ3v) is 3.69. The molecule has 5 nitrogen and oxygen atoms in total. The van der Waals surface area contributed by atoms with E-state index < -0.39 is 0 Å². The molecule has 3 rings (SSSR count). The number of anilines is 1. The third-order valence-electron chi connectivity index (χ3n) is 3.69. The first-order chi connectivity index (χ1) is 11.6. The normalized spacial score (nSPS) is 11.8. The number of furan rings is 1. The second-order valence-electron chi connectivity index (χ2n) is 5.60. The van der Waals surface area contributed by atoms with Gasteiger partial charge in [0, 0.05) is 17.6 Å². The number of amides is 2. The largest absolute Gasteiger partial charge is 0.467 e. The predicted octanol–water partition coefficient (Wildman–Crippen LogP) is 4.53. The molecule has 2 aromatic heterocycles. The quantitative estimate of drug-likeness (QED) is 0.741. The van der Waals surface area contributed by atoms with E-state index in [4.69, 9.17) is 4.42 Å². The molecule has 0 aliphatic rings. The van der Waals surface area contributed by atoms with Gasteiger partial charge in [0.15, 0.2) is 0 Å². The van der Waals surface area contributed by atoms with Gasteiger partial charge in [0.2, 0.25) is 0 Å². The van der Waals surface area contributed by atoms with Crippen molar-refractivity contribution in [1.29, 1.82) is 0 Å². The lowest BCUT2D eigenvalue weighted by molar-refractivity contribution is 0.247. The molecule has 0 saturated heterocycles. The van der Waals surface area contributed by atoms with Crippen molar-refractivity contribution < 1.29 is 9.21 Å². The molecule has 0 saturated carbocycles. The SMILES string of the molecule is Cc1cc(-c2ccc(NC(=O)NC(C)c3ccco3)cc2)ccn1. The van der Waals surface area contributed by atoms with E-state index in [-0.39, 0.29) is 12.1 Å². The van der Waals surface area contributed by atoms with Gasteiger partial charge < -0.3 is 15.1 Å². The van der Waals surface area contributed by atoms with Crippen molar-refractivity contribution in [1.82, 2.24) is 10.3 Å². The third kappa shape index (κ3) is 3.81. The van der Waals surface area contributed by atoms with Crippen molar-refractivity contribution in [2.75, 3.05) is 5.32 Å². The van der Waals surface area contributed by atoms with Crippen molar-refractivity contribution in [3.05, 3.63) is 72.4 Å². The van der Waals surface area contributed by atoms with Crippen LogP contribution in [0.3, 0.4) is 0 Å². The van der Waals surface area contributed by atoms with E-state index in [9.17, 15) is 4.79 Å². The number of carbonyl (C=O) groups is 1. The van der Waals surface area contributed by atoms with Gasteiger partial charge in [0.25, 0.3) is 0 Å². The molecule has 3 aromatic rings. The fourth-order valence-corrected chi connectivity index (χ4v) is 2.44. The average molecular weight is 321 g/mol. The summed E-state index contributed by atoms with van der Waals surface area (Å²) in [5.41, 5.74) is 3.88. The highest BCUT2D eigenvalue weighted by Gasteiger charge is 2.11. The van der Waals surface area contributed by atoms with Crippen LogP contribution in [0.25, 0.3) is 11.1 Å². The highest BCUT2D eigenvalue weighted by atomic mass is 16.3. The zero-order valence-corrected chi connectivity index (χ0v) is 13.6. The second-order valence-corrected chi connectivity index (χ2v) is 5.60. The molecule has 122 valence electrons. The van der Waals surface area contributed by atoms with Crippen LogP contribution < -0.4 is 10.6 Å². The number of carbonyl (C=O) groups excluding carboxylic acids is 1. The highest BCUT2D eigenvalue weighted by molar-refractivity contribution is 5.89. The molecule has 2 heterocycles. The van der Waals surface area contributed by atoms with Crippen LogP contribution in [0.5, 0.6) is 0 Å². The molecule has 0 aliphatic heterocycles. The highest BCUT2D eigenvalue weighted by Crippen LogP contribution is 2.21. The monoisotopic (exact) mass is 321 g/mol. The first-order valence-electron chi connectivity index (χ1n) is 7.76. The Morgan fingerprint density at radius 1 is 1.12 bits per heavy atom. The molecule has 0 aliphatic carbocycles. The maximum absolute atomic E-state index is 12.0. The summed E-state index contributed by atoms with van der Waals surface area (Å²) in [5, 5.41) is 5.65. The van der Waals surface area contributed by atoms with Gasteiger partial charge in [0.05, 0.1) is 12.3 Å². The van der Waals surface area contributed by atoms with Gasteiger partial charge in [-0.2, -0.15) is 0 Å². The van der Waals surface area contributed by atoms with E-state index in [2.05, 4.69) is 15.6 Å². The fourth-order valence-electron chi connectivity index (χ4n) is 2.44. The molecule has 0 radical (unpaired) electrons. The van der Waals surface area contributed by atoms with Gasteiger partial charge in [0.1, 0.15) is 5.76 Å². The molecule has 0 bridgehead atoms. The molecule has 1 unspecified atom stereocenters. The first kappa shape index (κ1) is 15.8. The Balaban J connectivity index is 1.62. The molecule has 1 atom stereocenters. The number of benzene rings is 1. The van der Waals surface area contributed by atoms with Gasteiger partial charge in [-0.25, -0.2) is 4.79 Å². The van der Waals surface area contributed by atoms with Gasteiger partial charge >= 0.3 is 6.03 Å². The zero-order valence-electron chi connectivity index (χ0n) is 13.6. The number of hydrogen-bond donors (Lipinski definition) is 2. The topological polar surface area (TPSA) is 67.2 Å². The van der Waals surface area contributed by atoms with Gasteiger partial charge in [-0.05, 0) is 61.4 Å². The molecule has 2 amide bonds. The minimum atomic E-state index is -0.272. The zero-order chi connectivity index (χ0) is 16.9. The number of nitrogens with zero attached hydrogens (tertiary/aromatic N) is 1. The van der Waals surface area contributed by atoms with E-state index in [1.165, 1.54) is 0 Å².